The zero-order valence-corrected chi connectivity index (χ0v) is 12.5. The van der Waals surface area contributed by atoms with E-state index in [1.807, 2.05) is 0 Å². The molecule has 1 heterocycles. The SMILES string of the molecule is CCCC1CCCCN1CC(O)CNCC(C)C. The molecule has 0 aliphatic carbocycles. The van der Waals surface area contributed by atoms with Gasteiger partial charge in [0.25, 0.3) is 0 Å². The molecule has 1 rings (SSSR count). The zero-order chi connectivity index (χ0) is 13.4. The smallest absolute Gasteiger partial charge is 0.0791 e. The van der Waals surface area contributed by atoms with Crippen molar-refractivity contribution in [2.45, 2.75) is 65.0 Å². The maximum absolute atomic E-state index is 10.1. The van der Waals surface area contributed by atoms with E-state index in [-0.39, 0.29) is 6.10 Å². The highest BCUT2D eigenvalue weighted by Gasteiger charge is 2.23. The number of likely N-dealkylation sites (tertiary alicyclic amines) is 1. The van der Waals surface area contributed by atoms with Crippen LogP contribution in [0.1, 0.15) is 52.9 Å². The highest BCUT2D eigenvalue weighted by atomic mass is 16.3. The summed E-state index contributed by atoms with van der Waals surface area (Å²) in [5.41, 5.74) is 0. The molecule has 0 aromatic heterocycles. The van der Waals surface area contributed by atoms with Gasteiger partial charge in [0.1, 0.15) is 0 Å². The van der Waals surface area contributed by atoms with Gasteiger partial charge in [-0.15, -0.1) is 0 Å². The number of hydrogen-bond acceptors (Lipinski definition) is 3. The van der Waals surface area contributed by atoms with E-state index in [9.17, 15) is 5.11 Å². The van der Waals surface area contributed by atoms with Gasteiger partial charge in [-0.05, 0) is 38.3 Å². The number of aliphatic hydroxyl groups is 1. The van der Waals surface area contributed by atoms with Crippen LogP contribution in [0.25, 0.3) is 0 Å². The van der Waals surface area contributed by atoms with Crippen molar-refractivity contribution in [1.82, 2.24) is 10.2 Å². The first kappa shape index (κ1) is 15.9. The van der Waals surface area contributed by atoms with Crippen molar-refractivity contribution in [1.29, 1.82) is 0 Å². The molecule has 2 unspecified atom stereocenters. The summed E-state index contributed by atoms with van der Waals surface area (Å²) in [4.78, 5) is 2.51. The highest BCUT2D eigenvalue weighted by Crippen LogP contribution is 2.20. The minimum Gasteiger partial charge on any atom is -0.390 e. The molecule has 3 heteroatoms. The fourth-order valence-electron chi connectivity index (χ4n) is 2.83. The molecular formula is C15H32N2O. The van der Waals surface area contributed by atoms with Crippen LogP contribution in [-0.2, 0) is 0 Å². The van der Waals surface area contributed by atoms with E-state index in [2.05, 4.69) is 31.0 Å². The molecule has 1 aliphatic heterocycles. The van der Waals surface area contributed by atoms with Crippen LogP contribution in [0.4, 0.5) is 0 Å². The summed E-state index contributed by atoms with van der Waals surface area (Å²) >= 11 is 0. The van der Waals surface area contributed by atoms with Crippen molar-refractivity contribution in [3.63, 3.8) is 0 Å². The van der Waals surface area contributed by atoms with E-state index in [1.54, 1.807) is 0 Å². The van der Waals surface area contributed by atoms with Crippen LogP contribution in [0.2, 0.25) is 0 Å². The second-order valence-electron chi connectivity index (χ2n) is 6.14. The number of nitrogens with zero attached hydrogens (tertiary/aromatic N) is 1. The van der Waals surface area contributed by atoms with E-state index in [1.165, 1.54) is 38.6 Å². The van der Waals surface area contributed by atoms with Gasteiger partial charge in [-0.1, -0.05) is 33.6 Å². The van der Waals surface area contributed by atoms with Gasteiger partial charge in [-0.2, -0.15) is 0 Å². The minimum atomic E-state index is -0.221. The van der Waals surface area contributed by atoms with Crippen molar-refractivity contribution < 1.29 is 5.11 Å². The Morgan fingerprint density at radius 2 is 2.06 bits per heavy atom. The third-order valence-corrected chi connectivity index (χ3v) is 3.75. The van der Waals surface area contributed by atoms with Crippen LogP contribution < -0.4 is 5.32 Å². The molecule has 0 bridgehead atoms. The quantitative estimate of drug-likeness (QED) is 0.699. The predicted octanol–water partition coefficient (Wildman–Crippen LogP) is 2.25. The maximum atomic E-state index is 10.1. The monoisotopic (exact) mass is 256 g/mol. The molecule has 0 radical (unpaired) electrons. The second-order valence-corrected chi connectivity index (χ2v) is 6.14. The molecule has 0 amide bonds. The third kappa shape index (κ3) is 6.17. The number of aliphatic hydroxyl groups excluding tert-OH is 1. The molecule has 0 aromatic rings. The second kappa shape index (κ2) is 8.89. The first-order chi connectivity index (χ1) is 8.63. The number of rotatable bonds is 8. The van der Waals surface area contributed by atoms with Gasteiger partial charge in [0.05, 0.1) is 6.10 Å². The van der Waals surface area contributed by atoms with Crippen LogP contribution >= 0.6 is 0 Å². The van der Waals surface area contributed by atoms with Gasteiger partial charge < -0.3 is 10.4 Å². The topological polar surface area (TPSA) is 35.5 Å². The van der Waals surface area contributed by atoms with Crippen molar-refractivity contribution in [2.24, 2.45) is 5.92 Å². The largest absolute Gasteiger partial charge is 0.390 e. The molecule has 2 N–H and O–H groups in total. The van der Waals surface area contributed by atoms with Crippen LogP contribution in [-0.4, -0.2) is 48.3 Å². The van der Waals surface area contributed by atoms with Crippen LogP contribution in [0.3, 0.4) is 0 Å². The van der Waals surface area contributed by atoms with E-state index < -0.39 is 0 Å². The van der Waals surface area contributed by atoms with E-state index in [0.29, 0.717) is 12.0 Å². The molecule has 2 atom stereocenters. The van der Waals surface area contributed by atoms with E-state index in [0.717, 1.165) is 19.6 Å². The summed E-state index contributed by atoms with van der Waals surface area (Å²) in [6.45, 7) is 10.4. The Bertz CT molecular complexity index is 207. The predicted molar refractivity (Wildman–Crippen MR) is 77.8 cm³/mol. The van der Waals surface area contributed by atoms with Crippen molar-refractivity contribution >= 4 is 0 Å². The molecule has 108 valence electrons. The number of piperidine rings is 1. The van der Waals surface area contributed by atoms with Crippen LogP contribution in [0, 0.1) is 5.92 Å². The summed E-state index contributed by atoms with van der Waals surface area (Å²) in [5, 5.41) is 13.4. The Morgan fingerprint density at radius 3 is 2.72 bits per heavy atom. The average Bonchev–Trinajstić information content (AvgIpc) is 2.31. The normalized spacial score (nSPS) is 23.5. The molecule has 18 heavy (non-hydrogen) atoms. The van der Waals surface area contributed by atoms with E-state index >= 15 is 0 Å². The third-order valence-electron chi connectivity index (χ3n) is 3.75. The lowest BCUT2D eigenvalue weighted by atomic mass is 9.98. The lowest BCUT2D eigenvalue weighted by Gasteiger charge is -2.37. The first-order valence-electron chi connectivity index (χ1n) is 7.76. The Labute approximate surface area is 113 Å². The molecule has 1 fully saturated rings. The molecule has 0 spiro atoms. The molecule has 3 nitrogen and oxygen atoms in total. The summed E-state index contributed by atoms with van der Waals surface area (Å²) in [6.07, 6.45) is 6.30. The minimum absolute atomic E-state index is 0.221. The summed E-state index contributed by atoms with van der Waals surface area (Å²) in [6, 6.07) is 0.712. The van der Waals surface area contributed by atoms with Gasteiger partial charge in [0.15, 0.2) is 0 Å². The fourth-order valence-corrected chi connectivity index (χ4v) is 2.83. The van der Waals surface area contributed by atoms with Gasteiger partial charge in [0, 0.05) is 19.1 Å². The van der Waals surface area contributed by atoms with Gasteiger partial charge in [-0.25, -0.2) is 0 Å². The van der Waals surface area contributed by atoms with Gasteiger partial charge in [0.2, 0.25) is 0 Å². The van der Waals surface area contributed by atoms with Crippen LogP contribution in [0.15, 0.2) is 0 Å². The number of β-amino-alcohol motifs (C(OH)–C–C–N with tert-alkyl or cyclic N) is 1. The summed E-state index contributed by atoms with van der Waals surface area (Å²) < 4.78 is 0. The van der Waals surface area contributed by atoms with Gasteiger partial charge >= 0.3 is 0 Å². The Balaban J connectivity index is 2.25. The highest BCUT2D eigenvalue weighted by molar-refractivity contribution is 4.79. The van der Waals surface area contributed by atoms with Crippen LogP contribution in [0.5, 0.6) is 0 Å². The van der Waals surface area contributed by atoms with Crippen molar-refractivity contribution in [3.05, 3.63) is 0 Å². The maximum Gasteiger partial charge on any atom is 0.0791 e. The lowest BCUT2D eigenvalue weighted by molar-refractivity contribution is 0.0634. The molecular weight excluding hydrogens is 224 g/mol. The van der Waals surface area contributed by atoms with Crippen molar-refractivity contribution in [2.75, 3.05) is 26.2 Å². The van der Waals surface area contributed by atoms with Gasteiger partial charge in [-0.3, -0.25) is 4.90 Å². The Morgan fingerprint density at radius 1 is 1.28 bits per heavy atom. The fraction of sp³-hybridized carbons (Fsp3) is 1.00. The molecule has 0 aromatic carbocycles. The zero-order valence-electron chi connectivity index (χ0n) is 12.5. The Hall–Kier alpha value is -0.120. The standard InChI is InChI=1S/C15H32N2O/c1-4-7-14-8-5-6-9-17(14)12-15(18)11-16-10-13(2)3/h13-16,18H,4-12H2,1-3H3. The number of hydrogen-bond donors (Lipinski definition) is 2. The first-order valence-corrected chi connectivity index (χ1v) is 7.76. The van der Waals surface area contributed by atoms with Crippen molar-refractivity contribution in [3.8, 4) is 0 Å². The molecule has 0 saturated carbocycles. The average molecular weight is 256 g/mol. The van der Waals surface area contributed by atoms with E-state index in [4.69, 9.17) is 0 Å². The number of nitrogens with one attached hydrogen (secondary N) is 1. The summed E-state index contributed by atoms with van der Waals surface area (Å²) in [7, 11) is 0. The lowest BCUT2D eigenvalue weighted by Crippen LogP contribution is -2.46. The Kier molecular flexibility index (Phi) is 7.87. The molecule has 1 aliphatic rings. The molecule has 1 saturated heterocycles. The summed E-state index contributed by atoms with van der Waals surface area (Å²) in [5.74, 6) is 0.653.